The summed E-state index contributed by atoms with van der Waals surface area (Å²) >= 11 is 1.04. The largest absolute Gasteiger partial charge is 0.481 e. The maximum atomic E-state index is 12.0. The van der Waals surface area contributed by atoms with E-state index in [0.29, 0.717) is 19.8 Å². The Morgan fingerprint density at radius 1 is 1.25 bits per heavy atom. The molecule has 0 spiro atoms. The Kier molecular flexibility index (Phi) is 9.56. The number of nitrogens with zero attached hydrogens (tertiary/aromatic N) is 1. The highest BCUT2D eigenvalue weighted by molar-refractivity contribution is 8.00. The molecule has 0 radical (unpaired) electrons. The fourth-order valence-electron chi connectivity index (χ4n) is 1.18. The average Bonchev–Trinajstić information content (AvgIpc) is 2.31. The monoisotopic (exact) mass is 308 g/mol. The van der Waals surface area contributed by atoms with Gasteiger partial charge in [-0.05, 0) is 20.8 Å². The van der Waals surface area contributed by atoms with Gasteiger partial charge in [-0.2, -0.15) is 0 Å². The highest BCUT2D eigenvalue weighted by Crippen LogP contribution is 2.12. The molecule has 0 aromatic carbocycles. The molecule has 0 aromatic rings. The highest BCUT2D eigenvalue weighted by atomic mass is 32.2. The van der Waals surface area contributed by atoms with Crippen molar-refractivity contribution in [1.82, 2.24) is 5.06 Å². The third-order valence-electron chi connectivity index (χ3n) is 1.81. The maximum absolute atomic E-state index is 12.0. The van der Waals surface area contributed by atoms with Crippen LogP contribution in [-0.2, 0) is 19.2 Å². The number of amides is 1. The number of nitrogens with two attached hydrogens (primary N) is 1. The standard InChI is InChI=1S/C12H24N2O5S/c1-12(2,3)19-14(5-7-18-6-4-13)10(15)8-20-9-11(16)17/h4-9,13H2,1-3H3,(H,16,17). The Labute approximate surface area is 123 Å². The Morgan fingerprint density at radius 3 is 2.40 bits per heavy atom. The molecule has 0 aliphatic rings. The lowest BCUT2D eigenvalue weighted by atomic mass is 10.2. The summed E-state index contributed by atoms with van der Waals surface area (Å²) in [6.07, 6.45) is 0. The van der Waals surface area contributed by atoms with E-state index in [1.807, 2.05) is 20.8 Å². The summed E-state index contributed by atoms with van der Waals surface area (Å²) in [5.74, 6) is -1.28. The zero-order chi connectivity index (χ0) is 15.6. The van der Waals surface area contributed by atoms with Crippen LogP contribution >= 0.6 is 11.8 Å². The SMILES string of the molecule is CC(C)(C)ON(CCOCCN)C(=O)CSCC(=O)O. The second-order valence-corrected chi connectivity index (χ2v) is 5.97. The number of thioether (sulfide) groups is 1. The van der Waals surface area contributed by atoms with Crippen molar-refractivity contribution < 1.29 is 24.3 Å². The number of hydrogen-bond donors (Lipinski definition) is 2. The molecule has 7 nitrogen and oxygen atoms in total. The molecule has 0 saturated carbocycles. The molecule has 0 aromatic heterocycles. The van der Waals surface area contributed by atoms with Crippen LogP contribution in [0.1, 0.15) is 20.8 Å². The van der Waals surface area contributed by atoms with Gasteiger partial charge >= 0.3 is 5.97 Å². The van der Waals surface area contributed by atoms with Crippen molar-refractivity contribution in [2.75, 3.05) is 37.8 Å². The van der Waals surface area contributed by atoms with Gasteiger partial charge in [-0.15, -0.1) is 11.8 Å². The molecule has 0 saturated heterocycles. The molecule has 118 valence electrons. The van der Waals surface area contributed by atoms with Crippen molar-refractivity contribution in [2.24, 2.45) is 5.73 Å². The lowest BCUT2D eigenvalue weighted by molar-refractivity contribution is -0.228. The molecule has 0 rings (SSSR count). The van der Waals surface area contributed by atoms with Crippen LogP contribution in [0.15, 0.2) is 0 Å². The summed E-state index contributed by atoms with van der Waals surface area (Å²) in [5, 5.41) is 9.77. The van der Waals surface area contributed by atoms with Crippen LogP contribution in [0.5, 0.6) is 0 Å². The number of hydrogen-bond acceptors (Lipinski definition) is 6. The third kappa shape index (κ3) is 11.0. The molecule has 0 aliphatic carbocycles. The van der Waals surface area contributed by atoms with E-state index in [9.17, 15) is 9.59 Å². The first-order valence-electron chi connectivity index (χ1n) is 6.33. The Bertz CT molecular complexity index is 307. The van der Waals surface area contributed by atoms with E-state index in [0.717, 1.165) is 11.8 Å². The van der Waals surface area contributed by atoms with Crippen molar-refractivity contribution in [3.63, 3.8) is 0 Å². The van der Waals surface area contributed by atoms with Crippen LogP contribution < -0.4 is 5.73 Å². The molecule has 0 aliphatic heterocycles. The van der Waals surface area contributed by atoms with Gasteiger partial charge in [-0.25, -0.2) is 5.06 Å². The lowest BCUT2D eigenvalue weighted by Gasteiger charge is -2.29. The van der Waals surface area contributed by atoms with Gasteiger partial charge in [0.15, 0.2) is 0 Å². The van der Waals surface area contributed by atoms with E-state index in [-0.39, 0.29) is 24.0 Å². The topological polar surface area (TPSA) is 102 Å². The summed E-state index contributed by atoms with van der Waals surface area (Å²) in [6.45, 7) is 6.94. The quantitative estimate of drug-likeness (QED) is 0.443. The number of carbonyl (C=O) groups excluding carboxylic acids is 1. The van der Waals surface area contributed by atoms with Crippen molar-refractivity contribution in [1.29, 1.82) is 0 Å². The van der Waals surface area contributed by atoms with Gasteiger partial charge in [0.05, 0.1) is 36.9 Å². The van der Waals surface area contributed by atoms with Crippen molar-refractivity contribution in [2.45, 2.75) is 26.4 Å². The molecule has 0 unspecified atom stereocenters. The van der Waals surface area contributed by atoms with E-state index in [2.05, 4.69) is 0 Å². The number of carboxylic acids is 1. The van der Waals surface area contributed by atoms with Crippen LogP contribution in [0.2, 0.25) is 0 Å². The van der Waals surface area contributed by atoms with E-state index in [4.69, 9.17) is 20.4 Å². The Hall–Kier alpha value is -0.830. The normalized spacial score (nSPS) is 11.4. The first-order chi connectivity index (χ1) is 9.26. The van der Waals surface area contributed by atoms with E-state index < -0.39 is 11.6 Å². The minimum atomic E-state index is -0.947. The minimum Gasteiger partial charge on any atom is -0.481 e. The van der Waals surface area contributed by atoms with Gasteiger partial charge in [0.1, 0.15) is 0 Å². The summed E-state index contributed by atoms with van der Waals surface area (Å²) in [4.78, 5) is 27.9. The van der Waals surface area contributed by atoms with E-state index in [1.165, 1.54) is 5.06 Å². The summed E-state index contributed by atoms with van der Waals surface area (Å²) in [7, 11) is 0. The molecule has 0 bridgehead atoms. The van der Waals surface area contributed by atoms with Crippen molar-refractivity contribution >= 4 is 23.6 Å². The minimum absolute atomic E-state index is 0.0548. The Morgan fingerprint density at radius 2 is 1.90 bits per heavy atom. The third-order valence-corrected chi connectivity index (χ3v) is 2.72. The number of rotatable bonds is 10. The molecule has 0 heterocycles. The lowest BCUT2D eigenvalue weighted by Crippen LogP contribution is -2.41. The van der Waals surface area contributed by atoms with Gasteiger partial charge in [0, 0.05) is 6.54 Å². The van der Waals surface area contributed by atoms with E-state index in [1.54, 1.807) is 0 Å². The van der Waals surface area contributed by atoms with Gasteiger partial charge in [-0.3, -0.25) is 14.4 Å². The molecular weight excluding hydrogens is 284 g/mol. The zero-order valence-corrected chi connectivity index (χ0v) is 13.1. The van der Waals surface area contributed by atoms with Crippen LogP contribution in [0.25, 0.3) is 0 Å². The summed E-state index contributed by atoms with van der Waals surface area (Å²) in [5.41, 5.74) is 4.79. The molecule has 0 atom stereocenters. The van der Waals surface area contributed by atoms with Crippen molar-refractivity contribution in [3.05, 3.63) is 0 Å². The Balaban J connectivity index is 4.27. The van der Waals surface area contributed by atoms with Crippen LogP contribution in [0.4, 0.5) is 0 Å². The fraction of sp³-hybridized carbons (Fsp3) is 0.833. The number of hydroxylamine groups is 2. The fourth-order valence-corrected chi connectivity index (χ4v) is 1.78. The maximum Gasteiger partial charge on any atom is 0.313 e. The molecule has 8 heteroatoms. The summed E-state index contributed by atoms with van der Waals surface area (Å²) < 4.78 is 5.22. The molecular formula is C12H24N2O5S. The highest BCUT2D eigenvalue weighted by Gasteiger charge is 2.22. The first kappa shape index (κ1) is 19.2. The zero-order valence-electron chi connectivity index (χ0n) is 12.3. The number of carbonyl (C=O) groups is 2. The van der Waals surface area contributed by atoms with Gasteiger partial charge in [0.25, 0.3) is 5.91 Å². The predicted molar refractivity (Wildman–Crippen MR) is 77.4 cm³/mol. The average molecular weight is 308 g/mol. The van der Waals surface area contributed by atoms with Gasteiger partial charge in [-0.1, -0.05) is 0 Å². The van der Waals surface area contributed by atoms with Gasteiger partial charge < -0.3 is 15.6 Å². The first-order valence-corrected chi connectivity index (χ1v) is 7.48. The second-order valence-electron chi connectivity index (χ2n) is 4.99. The van der Waals surface area contributed by atoms with Crippen LogP contribution in [-0.4, -0.2) is 65.5 Å². The molecule has 0 fully saturated rings. The summed E-state index contributed by atoms with van der Waals surface area (Å²) in [6, 6.07) is 0. The molecule has 3 N–H and O–H groups in total. The predicted octanol–water partition coefficient (Wildman–Crippen LogP) is 0.338. The van der Waals surface area contributed by atoms with E-state index >= 15 is 0 Å². The smallest absolute Gasteiger partial charge is 0.313 e. The molecule has 20 heavy (non-hydrogen) atoms. The molecule has 1 amide bonds. The number of aliphatic carboxylic acids is 1. The van der Waals surface area contributed by atoms with Crippen molar-refractivity contribution in [3.8, 4) is 0 Å². The van der Waals surface area contributed by atoms with Crippen LogP contribution in [0.3, 0.4) is 0 Å². The number of ether oxygens (including phenoxy) is 1. The second kappa shape index (κ2) is 9.98. The van der Waals surface area contributed by atoms with Crippen LogP contribution in [0, 0.1) is 0 Å². The number of carboxylic acid groups (broad SMARTS) is 1. The van der Waals surface area contributed by atoms with Gasteiger partial charge in [0.2, 0.25) is 0 Å².